The lowest BCUT2D eigenvalue weighted by Crippen LogP contribution is -2.23. The van der Waals surface area contributed by atoms with Crippen LogP contribution in [0.5, 0.6) is 0 Å². The molecule has 4 rings (SSSR count). The van der Waals surface area contributed by atoms with E-state index in [0.29, 0.717) is 6.42 Å². The fourth-order valence-corrected chi connectivity index (χ4v) is 3.25. The average molecular weight is 304 g/mol. The molecule has 0 aliphatic carbocycles. The van der Waals surface area contributed by atoms with Crippen molar-refractivity contribution in [2.45, 2.75) is 26.3 Å². The SMILES string of the molecule is Cc1c(-c2ccc3c(c2)CC(=O)N3)[nH]c2c1CNCC2.Cl. The molecule has 2 aliphatic rings. The molecule has 3 N–H and O–H groups in total. The standard InChI is InChI=1S/C16H17N3O.ClH/c1-9-12-8-17-5-4-14(12)19-16(9)10-2-3-13-11(6-10)7-15(20)18-13;/h2-3,6,17,19H,4-5,7-8H2,1H3,(H,18,20);1H. The van der Waals surface area contributed by atoms with Crippen molar-refractivity contribution >= 4 is 24.0 Å². The van der Waals surface area contributed by atoms with Crippen LogP contribution in [-0.4, -0.2) is 17.4 Å². The number of amides is 1. The summed E-state index contributed by atoms with van der Waals surface area (Å²) in [5.74, 6) is 0.0869. The van der Waals surface area contributed by atoms with E-state index >= 15 is 0 Å². The second-order valence-electron chi connectivity index (χ2n) is 5.61. The number of benzene rings is 1. The summed E-state index contributed by atoms with van der Waals surface area (Å²) in [7, 11) is 0. The van der Waals surface area contributed by atoms with E-state index in [1.807, 2.05) is 6.07 Å². The molecule has 0 saturated carbocycles. The molecule has 4 nitrogen and oxygen atoms in total. The summed E-state index contributed by atoms with van der Waals surface area (Å²) in [5.41, 5.74) is 8.50. The number of H-pyrrole nitrogens is 1. The molecule has 0 fully saturated rings. The van der Waals surface area contributed by atoms with Crippen molar-refractivity contribution in [2.24, 2.45) is 0 Å². The summed E-state index contributed by atoms with van der Waals surface area (Å²) < 4.78 is 0. The van der Waals surface area contributed by atoms with Crippen LogP contribution in [0.3, 0.4) is 0 Å². The van der Waals surface area contributed by atoms with Gasteiger partial charge in [-0.1, -0.05) is 6.07 Å². The molecule has 1 aromatic carbocycles. The van der Waals surface area contributed by atoms with Crippen LogP contribution in [0, 0.1) is 6.92 Å². The molecule has 110 valence electrons. The quantitative estimate of drug-likeness (QED) is 0.758. The molecule has 0 spiro atoms. The molecule has 0 bridgehead atoms. The lowest BCUT2D eigenvalue weighted by Gasteiger charge is -2.12. The number of nitrogens with one attached hydrogen (secondary N) is 3. The Labute approximate surface area is 129 Å². The smallest absolute Gasteiger partial charge is 0.228 e. The molecule has 5 heteroatoms. The lowest BCUT2D eigenvalue weighted by atomic mass is 10.0. The van der Waals surface area contributed by atoms with Crippen LogP contribution < -0.4 is 10.6 Å². The van der Waals surface area contributed by atoms with E-state index in [2.05, 4.69) is 34.7 Å². The molecular formula is C16H18ClN3O. The zero-order valence-corrected chi connectivity index (χ0v) is 12.7. The van der Waals surface area contributed by atoms with Gasteiger partial charge in [0.15, 0.2) is 0 Å². The number of halogens is 1. The van der Waals surface area contributed by atoms with Gasteiger partial charge in [-0.05, 0) is 41.3 Å². The van der Waals surface area contributed by atoms with Gasteiger partial charge in [-0.15, -0.1) is 12.4 Å². The zero-order valence-electron chi connectivity index (χ0n) is 11.9. The summed E-state index contributed by atoms with van der Waals surface area (Å²) in [4.78, 5) is 15.0. The number of hydrogen-bond donors (Lipinski definition) is 3. The number of aromatic amines is 1. The van der Waals surface area contributed by atoms with Crippen LogP contribution in [0.25, 0.3) is 11.3 Å². The number of carbonyl (C=O) groups excluding carboxylic acids is 1. The number of carbonyl (C=O) groups is 1. The van der Waals surface area contributed by atoms with E-state index in [9.17, 15) is 4.79 Å². The molecule has 0 atom stereocenters. The Morgan fingerprint density at radius 2 is 2.10 bits per heavy atom. The van der Waals surface area contributed by atoms with Crippen LogP contribution in [-0.2, 0) is 24.2 Å². The number of fused-ring (bicyclic) bond motifs is 2. The molecular weight excluding hydrogens is 286 g/mol. The van der Waals surface area contributed by atoms with Crippen molar-refractivity contribution in [3.05, 3.63) is 40.6 Å². The van der Waals surface area contributed by atoms with Gasteiger partial charge in [0.1, 0.15) is 0 Å². The van der Waals surface area contributed by atoms with Crippen molar-refractivity contribution in [1.82, 2.24) is 10.3 Å². The second-order valence-corrected chi connectivity index (χ2v) is 5.61. The number of hydrogen-bond acceptors (Lipinski definition) is 2. The summed E-state index contributed by atoms with van der Waals surface area (Å²) in [5, 5.41) is 6.30. The maximum absolute atomic E-state index is 11.4. The van der Waals surface area contributed by atoms with E-state index in [0.717, 1.165) is 30.8 Å². The van der Waals surface area contributed by atoms with Crippen molar-refractivity contribution < 1.29 is 4.79 Å². The Kier molecular flexibility index (Phi) is 3.51. The highest BCUT2D eigenvalue weighted by atomic mass is 35.5. The van der Waals surface area contributed by atoms with E-state index in [1.165, 1.54) is 28.1 Å². The number of aromatic nitrogens is 1. The van der Waals surface area contributed by atoms with Crippen molar-refractivity contribution in [3.63, 3.8) is 0 Å². The number of rotatable bonds is 1. The number of anilines is 1. The molecule has 0 radical (unpaired) electrons. The van der Waals surface area contributed by atoms with E-state index in [1.54, 1.807) is 0 Å². The Morgan fingerprint density at radius 3 is 2.90 bits per heavy atom. The third-order valence-electron chi connectivity index (χ3n) is 4.34. The fraction of sp³-hybridized carbons (Fsp3) is 0.312. The normalized spacial score (nSPS) is 16.0. The highest BCUT2D eigenvalue weighted by Crippen LogP contribution is 2.33. The molecule has 1 aromatic heterocycles. The third kappa shape index (κ3) is 2.24. The van der Waals surface area contributed by atoms with Crippen molar-refractivity contribution in [3.8, 4) is 11.3 Å². The van der Waals surface area contributed by atoms with Gasteiger partial charge in [-0.3, -0.25) is 4.79 Å². The van der Waals surface area contributed by atoms with Gasteiger partial charge in [0.25, 0.3) is 0 Å². The predicted molar refractivity (Wildman–Crippen MR) is 86.0 cm³/mol. The van der Waals surface area contributed by atoms with Gasteiger partial charge in [0, 0.05) is 36.6 Å². The Balaban J connectivity index is 0.00000132. The van der Waals surface area contributed by atoms with E-state index in [4.69, 9.17) is 0 Å². The van der Waals surface area contributed by atoms with Crippen molar-refractivity contribution in [2.75, 3.05) is 11.9 Å². The van der Waals surface area contributed by atoms with Gasteiger partial charge in [-0.2, -0.15) is 0 Å². The first-order valence-corrected chi connectivity index (χ1v) is 7.06. The van der Waals surface area contributed by atoms with Gasteiger partial charge < -0.3 is 15.6 Å². The Morgan fingerprint density at radius 1 is 1.24 bits per heavy atom. The first-order chi connectivity index (χ1) is 9.72. The van der Waals surface area contributed by atoms with Crippen LogP contribution >= 0.6 is 12.4 Å². The molecule has 2 aromatic rings. The minimum atomic E-state index is 0. The first-order valence-electron chi connectivity index (χ1n) is 7.06. The van der Waals surface area contributed by atoms with Gasteiger partial charge >= 0.3 is 0 Å². The largest absolute Gasteiger partial charge is 0.358 e. The minimum absolute atomic E-state index is 0. The van der Waals surface area contributed by atoms with Gasteiger partial charge in [0.05, 0.1) is 6.42 Å². The van der Waals surface area contributed by atoms with Gasteiger partial charge in [-0.25, -0.2) is 0 Å². The molecule has 1 amide bonds. The highest BCUT2D eigenvalue weighted by Gasteiger charge is 2.21. The van der Waals surface area contributed by atoms with Crippen LogP contribution in [0.4, 0.5) is 5.69 Å². The fourth-order valence-electron chi connectivity index (χ4n) is 3.25. The molecule has 3 heterocycles. The average Bonchev–Trinajstić information content (AvgIpc) is 2.98. The summed E-state index contributed by atoms with van der Waals surface area (Å²) in [6.07, 6.45) is 1.55. The molecule has 0 saturated heterocycles. The van der Waals surface area contributed by atoms with E-state index in [-0.39, 0.29) is 18.3 Å². The summed E-state index contributed by atoms with van der Waals surface area (Å²) in [6.45, 7) is 4.16. The monoisotopic (exact) mass is 303 g/mol. The topological polar surface area (TPSA) is 56.9 Å². The van der Waals surface area contributed by atoms with Crippen LogP contribution in [0.2, 0.25) is 0 Å². The van der Waals surface area contributed by atoms with Crippen LogP contribution in [0.15, 0.2) is 18.2 Å². The summed E-state index contributed by atoms with van der Waals surface area (Å²) in [6, 6.07) is 6.22. The zero-order chi connectivity index (χ0) is 13.7. The van der Waals surface area contributed by atoms with Crippen LogP contribution in [0.1, 0.15) is 22.4 Å². The second kappa shape index (κ2) is 5.20. The lowest BCUT2D eigenvalue weighted by molar-refractivity contribution is -0.115. The highest BCUT2D eigenvalue weighted by molar-refractivity contribution is 5.99. The minimum Gasteiger partial charge on any atom is -0.358 e. The third-order valence-corrected chi connectivity index (χ3v) is 4.34. The maximum atomic E-state index is 11.4. The van der Waals surface area contributed by atoms with E-state index < -0.39 is 0 Å². The molecule has 0 unspecified atom stereocenters. The van der Waals surface area contributed by atoms with Crippen molar-refractivity contribution in [1.29, 1.82) is 0 Å². The predicted octanol–water partition coefficient (Wildman–Crippen LogP) is 2.55. The summed E-state index contributed by atoms with van der Waals surface area (Å²) >= 11 is 0. The van der Waals surface area contributed by atoms with Gasteiger partial charge in [0.2, 0.25) is 5.91 Å². The first kappa shape index (κ1) is 14.2. The Bertz CT molecular complexity index is 721. The Hall–Kier alpha value is -1.78. The maximum Gasteiger partial charge on any atom is 0.228 e. The molecule has 2 aliphatic heterocycles. The molecule has 21 heavy (non-hydrogen) atoms.